The Morgan fingerprint density at radius 1 is 1.44 bits per heavy atom. The zero-order chi connectivity index (χ0) is 13.7. The quantitative estimate of drug-likeness (QED) is 0.879. The molecule has 18 heavy (non-hydrogen) atoms. The second-order valence-electron chi connectivity index (χ2n) is 3.74. The van der Waals surface area contributed by atoms with Gasteiger partial charge in [-0.3, -0.25) is 4.79 Å². The summed E-state index contributed by atoms with van der Waals surface area (Å²) < 4.78 is 0. The van der Waals surface area contributed by atoms with E-state index >= 15 is 0 Å². The van der Waals surface area contributed by atoms with E-state index < -0.39 is 12.0 Å². The molecule has 1 aromatic heterocycles. The molecule has 1 heterocycles. The van der Waals surface area contributed by atoms with Crippen LogP contribution in [-0.2, 0) is 0 Å². The summed E-state index contributed by atoms with van der Waals surface area (Å²) in [5.41, 5.74) is -0.00485. The summed E-state index contributed by atoms with van der Waals surface area (Å²) in [4.78, 5) is 15.6. The lowest BCUT2D eigenvalue weighted by atomic mass is 10.2. The number of nitrogens with one attached hydrogen (secondary N) is 1. The lowest BCUT2D eigenvalue weighted by molar-refractivity contribution is 0.0905. The van der Waals surface area contributed by atoms with Gasteiger partial charge in [-0.15, -0.1) is 0 Å². The summed E-state index contributed by atoms with van der Waals surface area (Å²) >= 11 is 17.4. The van der Waals surface area contributed by atoms with Crippen LogP contribution in [0.5, 0.6) is 0 Å². The summed E-state index contributed by atoms with van der Waals surface area (Å²) in [7, 11) is 0. The SMILES string of the molecule is CCCC(O)CNC(=O)c1ncc(Cl)c(Cl)c1Cl. The summed E-state index contributed by atoms with van der Waals surface area (Å²) in [5.74, 6) is -0.492. The Labute approximate surface area is 120 Å². The van der Waals surface area contributed by atoms with Crippen molar-refractivity contribution in [2.75, 3.05) is 6.54 Å². The number of aliphatic hydroxyl groups is 1. The first-order chi connectivity index (χ1) is 8.47. The fraction of sp³-hybridized carbons (Fsp3) is 0.455. The highest BCUT2D eigenvalue weighted by molar-refractivity contribution is 6.48. The van der Waals surface area contributed by atoms with Gasteiger partial charge >= 0.3 is 0 Å². The number of amides is 1. The van der Waals surface area contributed by atoms with E-state index in [0.717, 1.165) is 6.42 Å². The van der Waals surface area contributed by atoms with Gasteiger partial charge in [0.2, 0.25) is 0 Å². The highest BCUT2D eigenvalue weighted by atomic mass is 35.5. The van der Waals surface area contributed by atoms with Crippen LogP contribution in [0.4, 0.5) is 0 Å². The summed E-state index contributed by atoms with van der Waals surface area (Å²) in [6, 6.07) is 0. The molecule has 1 aromatic rings. The highest BCUT2D eigenvalue weighted by Gasteiger charge is 2.17. The minimum atomic E-state index is -0.583. The number of aliphatic hydroxyl groups excluding tert-OH is 1. The topological polar surface area (TPSA) is 62.2 Å². The third-order valence-corrected chi connectivity index (χ3v) is 3.49. The number of hydrogen-bond donors (Lipinski definition) is 2. The van der Waals surface area contributed by atoms with Crippen LogP contribution in [0.25, 0.3) is 0 Å². The molecule has 0 aliphatic carbocycles. The van der Waals surface area contributed by atoms with E-state index in [-0.39, 0.29) is 27.3 Å². The van der Waals surface area contributed by atoms with E-state index in [2.05, 4.69) is 10.3 Å². The van der Waals surface area contributed by atoms with Crippen molar-refractivity contribution >= 4 is 40.7 Å². The van der Waals surface area contributed by atoms with Gasteiger partial charge in [0.05, 0.1) is 21.2 Å². The molecule has 4 nitrogen and oxygen atoms in total. The van der Waals surface area contributed by atoms with Gasteiger partial charge in [-0.25, -0.2) is 4.98 Å². The number of halogens is 3. The summed E-state index contributed by atoms with van der Waals surface area (Å²) in [6.45, 7) is 2.09. The number of hydrogen-bond acceptors (Lipinski definition) is 3. The van der Waals surface area contributed by atoms with Gasteiger partial charge in [0.25, 0.3) is 5.91 Å². The maximum absolute atomic E-state index is 11.8. The molecule has 0 aliphatic rings. The molecule has 0 bridgehead atoms. The zero-order valence-electron chi connectivity index (χ0n) is 9.71. The van der Waals surface area contributed by atoms with Crippen LogP contribution < -0.4 is 5.32 Å². The first kappa shape index (κ1) is 15.5. The third kappa shape index (κ3) is 3.99. The predicted octanol–water partition coefficient (Wildman–Crippen LogP) is 2.93. The Morgan fingerprint density at radius 3 is 2.72 bits per heavy atom. The molecule has 7 heteroatoms. The second kappa shape index (κ2) is 7.14. The van der Waals surface area contributed by atoms with Crippen molar-refractivity contribution in [1.29, 1.82) is 0 Å². The van der Waals surface area contributed by atoms with Crippen molar-refractivity contribution in [1.82, 2.24) is 10.3 Å². The number of carbonyl (C=O) groups is 1. The Hall–Kier alpha value is -0.550. The molecule has 0 fully saturated rings. The molecule has 0 aliphatic heterocycles. The van der Waals surface area contributed by atoms with Crippen molar-refractivity contribution in [3.63, 3.8) is 0 Å². The summed E-state index contributed by atoms with van der Waals surface area (Å²) in [6.07, 6.45) is 2.12. The fourth-order valence-corrected chi connectivity index (χ4v) is 1.90. The Balaban J connectivity index is 2.71. The first-order valence-electron chi connectivity index (χ1n) is 5.43. The van der Waals surface area contributed by atoms with Gasteiger partial charge in [-0.05, 0) is 6.42 Å². The van der Waals surface area contributed by atoms with E-state index in [1.54, 1.807) is 0 Å². The highest BCUT2D eigenvalue weighted by Crippen LogP contribution is 2.30. The molecule has 1 unspecified atom stereocenters. The van der Waals surface area contributed by atoms with E-state index in [1.165, 1.54) is 6.20 Å². The van der Waals surface area contributed by atoms with Crippen LogP contribution in [0.2, 0.25) is 15.1 Å². The number of pyridine rings is 1. The van der Waals surface area contributed by atoms with Crippen LogP contribution in [0.15, 0.2) is 6.20 Å². The van der Waals surface area contributed by atoms with E-state index in [0.29, 0.717) is 6.42 Å². The monoisotopic (exact) mass is 310 g/mol. The minimum Gasteiger partial charge on any atom is -0.391 e. The molecule has 1 atom stereocenters. The Morgan fingerprint density at radius 2 is 2.11 bits per heavy atom. The van der Waals surface area contributed by atoms with Gasteiger partial charge in [-0.2, -0.15) is 0 Å². The Kier molecular flexibility index (Phi) is 6.15. The Bertz CT molecular complexity index is 441. The minimum absolute atomic E-state index is 0.00485. The molecule has 2 N–H and O–H groups in total. The third-order valence-electron chi connectivity index (χ3n) is 2.25. The number of carbonyl (C=O) groups excluding carboxylic acids is 1. The van der Waals surface area contributed by atoms with Crippen LogP contribution in [-0.4, -0.2) is 28.6 Å². The normalized spacial score (nSPS) is 12.3. The van der Waals surface area contributed by atoms with Gasteiger partial charge in [0.1, 0.15) is 5.69 Å². The van der Waals surface area contributed by atoms with Crippen molar-refractivity contribution in [2.45, 2.75) is 25.9 Å². The maximum atomic E-state index is 11.8. The molecular formula is C11H13Cl3N2O2. The molecular weight excluding hydrogens is 298 g/mol. The van der Waals surface area contributed by atoms with E-state index in [1.807, 2.05) is 6.92 Å². The summed E-state index contributed by atoms with van der Waals surface area (Å²) in [5, 5.41) is 12.3. The number of aromatic nitrogens is 1. The average molecular weight is 312 g/mol. The van der Waals surface area contributed by atoms with Crippen LogP contribution in [0.3, 0.4) is 0 Å². The van der Waals surface area contributed by atoms with Crippen LogP contribution in [0, 0.1) is 0 Å². The predicted molar refractivity (Wildman–Crippen MR) is 72.5 cm³/mol. The smallest absolute Gasteiger partial charge is 0.271 e. The van der Waals surface area contributed by atoms with Crippen molar-refractivity contribution < 1.29 is 9.90 Å². The molecule has 0 aromatic carbocycles. The molecule has 1 rings (SSSR count). The van der Waals surface area contributed by atoms with Gasteiger partial charge in [-0.1, -0.05) is 48.1 Å². The fourth-order valence-electron chi connectivity index (χ4n) is 1.33. The maximum Gasteiger partial charge on any atom is 0.271 e. The molecule has 0 saturated heterocycles. The lowest BCUT2D eigenvalue weighted by Gasteiger charge is -2.11. The van der Waals surface area contributed by atoms with Gasteiger partial charge in [0, 0.05) is 12.7 Å². The molecule has 1 amide bonds. The van der Waals surface area contributed by atoms with Gasteiger partial charge < -0.3 is 10.4 Å². The number of nitrogens with zero attached hydrogens (tertiary/aromatic N) is 1. The average Bonchev–Trinajstić information content (AvgIpc) is 2.34. The van der Waals surface area contributed by atoms with Crippen LogP contribution in [0.1, 0.15) is 30.3 Å². The first-order valence-corrected chi connectivity index (χ1v) is 6.56. The second-order valence-corrected chi connectivity index (χ2v) is 4.90. The lowest BCUT2D eigenvalue weighted by Crippen LogP contribution is -2.32. The van der Waals surface area contributed by atoms with Crippen molar-refractivity contribution in [3.8, 4) is 0 Å². The van der Waals surface area contributed by atoms with Crippen molar-refractivity contribution in [3.05, 3.63) is 27.0 Å². The standard InChI is InChI=1S/C11H13Cl3N2O2/c1-2-3-6(17)4-16-11(18)10-9(14)8(13)7(12)5-15-10/h5-6,17H,2-4H2,1H3,(H,16,18). The van der Waals surface area contributed by atoms with Gasteiger partial charge in [0.15, 0.2) is 0 Å². The molecule has 0 saturated carbocycles. The van der Waals surface area contributed by atoms with Crippen LogP contribution >= 0.6 is 34.8 Å². The zero-order valence-corrected chi connectivity index (χ0v) is 12.0. The molecule has 100 valence electrons. The van der Waals surface area contributed by atoms with E-state index in [4.69, 9.17) is 34.8 Å². The molecule has 0 spiro atoms. The largest absolute Gasteiger partial charge is 0.391 e. The van der Waals surface area contributed by atoms with E-state index in [9.17, 15) is 9.90 Å². The number of rotatable bonds is 5. The van der Waals surface area contributed by atoms with Crippen molar-refractivity contribution in [2.24, 2.45) is 0 Å². The molecule has 0 radical (unpaired) electrons.